The van der Waals surface area contributed by atoms with Crippen molar-refractivity contribution in [2.75, 3.05) is 11.9 Å². The van der Waals surface area contributed by atoms with Gasteiger partial charge in [-0.05, 0) is 37.1 Å². The molecule has 0 aromatic heterocycles. The van der Waals surface area contributed by atoms with E-state index in [4.69, 9.17) is 16.3 Å². The minimum atomic E-state index is -0.496. The van der Waals surface area contributed by atoms with E-state index in [1.54, 1.807) is 30.3 Å². The van der Waals surface area contributed by atoms with Gasteiger partial charge in [-0.3, -0.25) is 14.9 Å². The van der Waals surface area contributed by atoms with Gasteiger partial charge in [0.1, 0.15) is 0 Å². The molecule has 0 radical (unpaired) electrons. The van der Waals surface area contributed by atoms with Gasteiger partial charge < -0.3 is 10.1 Å². The van der Waals surface area contributed by atoms with Crippen molar-refractivity contribution in [3.63, 3.8) is 0 Å². The fourth-order valence-electron chi connectivity index (χ4n) is 2.10. The Hall–Kier alpha value is -2.60. The Morgan fingerprint density at radius 1 is 1.25 bits per heavy atom. The monoisotopic (exact) mass is 348 g/mol. The molecule has 6 nitrogen and oxygen atoms in total. The molecule has 0 heterocycles. The molecule has 126 valence electrons. The highest BCUT2D eigenvalue weighted by molar-refractivity contribution is 6.31. The smallest absolute Gasteiger partial charge is 0.310 e. The number of carbonyl (C=O) groups excluding carboxylic acids is 1. The maximum Gasteiger partial charge on any atom is 0.310 e. The predicted molar refractivity (Wildman–Crippen MR) is 92.6 cm³/mol. The molecular weight excluding hydrogens is 332 g/mol. The number of rotatable bonds is 7. The summed E-state index contributed by atoms with van der Waals surface area (Å²) in [7, 11) is 0. The van der Waals surface area contributed by atoms with E-state index in [9.17, 15) is 14.9 Å². The van der Waals surface area contributed by atoms with Crippen LogP contribution in [-0.2, 0) is 4.79 Å². The van der Waals surface area contributed by atoms with Crippen LogP contribution in [0.25, 0.3) is 0 Å². The number of halogens is 1. The summed E-state index contributed by atoms with van der Waals surface area (Å²) in [6.07, 6.45) is 0.685. The largest absolute Gasteiger partial charge is 0.487 e. The van der Waals surface area contributed by atoms with Crippen molar-refractivity contribution in [2.24, 2.45) is 0 Å². The van der Waals surface area contributed by atoms with E-state index in [-0.39, 0.29) is 30.4 Å². The molecule has 0 aliphatic carbocycles. The number of nitro groups is 1. The van der Waals surface area contributed by atoms with E-state index >= 15 is 0 Å². The molecule has 0 aliphatic heterocycles. The van der Waals surface area contributed by atoms with Gasteiger partial charge in [-0.25, -0.2) is 0 Å². The lowest BCUT2D eigenvalue weighted by atomic mass is 10.2. The highest BCUT2D eigenvalue weighted by atomic mass is 35.5. The van der Waals surface area contributed by atoms with Crippen LogP contribution in [0, 0.1) is 17.0 Å². The molecule has 7 heteroatoms. The number of anilines is 1. The van der Waals surface area contributed by atoms with Gasteiger partial charge in [-0.15, -0.1) is 0 Å². The zero-order valence-corrected chi connectivity index (χ0v) is 13.9. The standard InChI is InChI=1S/C17H17ClN2O4/c1-12-13(18)6-4-7-14(12)19-17(21)10-5-11-24-16-9-3-2-8-15(16)20(22)23/h2-4,6-9H,5,10-11H2,1H3,(H,19,21). The minimum absolute atomic E-state index is 0.0866. The number of benzene rings is 2. The highest BCUT2D eigenvalue weighted by Gasteiger charge is 2.13. The minimum Gasteiger partial charge on any atom is -0.487 e. The number of nitrogens with one attached hydrogen (secondary N) is 1. The van der Waals surface area contributed by atoms with Gasteiger partial charge in [0.25, 0.3) is 0 Å². The summed E-state index contributed by atoms with van der Waals surface area (Å²) < 4.78 is 5.40. The molecule has 2 aromatic carbocycles. The summed E-state index contributed by atoms with van der Waals surface area (Å²) in [6, 6.07) is 11.5. The van der Waals surface area contributed by atoms with Crippen LogP contribution >= 0.6 is 11.6 Å². The van der Waals surface area contributed by atoms with Crippen molar-refractivity contribution in [3.8, 4) is 5.75 Å². The zero-order valence-electron chi connectivity index (χ0n) is 13.1. The molecule has 0 atom stereocenters. The summed E-state index contributed by atoms with van der Waals surface area (Å²) in [4.78, 5) is 22.3. The number of amides is 1. The molecule has 0 spiro atoms. The van der Waals surface area contributed by atoms with Crippen molar-refractivity contribution in [1.29, 1.82) is 0 Å². The lowest BCUT2D eigenvalue weighted by Crippen LogP contribution is -2.13. The molecule has 0 saturated heterocycles. The highest BCUT2D eigenvalue weighted by Crippen LogP contribution is 2.26. The third-order valence-corrected chi connectivity index (χ3v) is 3.82. The number of ether oxygens (including phenoxy) is 1. The second kappa shape index (κ2) is 8.31. The maximum atomic E-state index is 11.9. The molecule has 0 bridgehead atoms. The van der Waals surface area contributed by atoms with Crippen LogP contribution in [0.15, 0.2) is 42.5 Å². The van der Waals surface area contributed by atoms with Crippen LogP contribution in [0.4, 0.5) is 11.4 Å². The average molecular weight is 349 g/mol. The Balaban J connectivity index is 1.81. The first kappa shape index (κ1) is 17.7. The second-order valence-electron chi connectivity index (χ2n) is 5.14. The summed E-state index contributed by atoms with van der Waals surface area (Å²) in [5.41, 5.74) is 1.40. The Morgan fingerprint density at radius 3 is 2.75 bits per heavy atom. The van der Waals surface area contributed by atoms with E-state index in [0.29, 0.717) is 17.1 Å². The molecule has 1 amide bonds. The Kier molecular flexibility index (Phi) is 6.14. The third kappa shape index (κ3) is 4.70. The molecule has 2 rings (SSSR count). The number of nitrogens with zero attached hydrogens (tertiary/aromatic N) is 1. The molecule has 0 fully saturated rings. The van der Waals surface area contributed by atoms with E-state index in [1.807, 2.05) is 6.92 Å². The number of nitro benzene ring substituents is 1. The van der Waals surface area contributed by atoms with Gasteiger partial charge >= 0.3 is 5.69 Å². The summed E-state index contributed by atoms with van der Waals surface area (Å²) in [5, 5.41) is 14.3. The fourth-order valence-corrected chi connectivity index (χ4v) is 2.28. The summed E-state index contributed by atoms with van der Waals surface area (Å²) in [5.74, 6) is 0.0418. The number of carbonyl (C=O) groups is 1. The van der Waals surface area contributed by atoms with Crippen molar-refractivity contribution in [3.05, 3.63) is 63.2 Å². The van der Waals surface area contributed by atoms with Crippen molar-refractivity contribution < 1.29 is 14.5 Å². The Bertz CT molecular complexity index is 749. The Labute approximate surface area is 144 Å². The average Bonchev–Trinajstić information content (AvgIpc) is 2.56. The lowest BCUT2D eigenvalue weighted by Gasteiger charge is -2.10. The first-order valence-corrected chi connectivity index (χ1v) is 7.78. The number of hydrogen-bond acceptors (Lipinski definition) is 4. The zero-order chi connectivity index (χ0) is 17.5. The Morgan fingerprint density at radius 2 is 2.00 bits per heavy atom. The quantitative estimate of drug-likeness (QED) is 0.458. The SMILES string of the molecule is Cc1c(Cl)cccc1NC(=O)CCCOc1ccccc1[N+](=O)[O-]. The number of hydrogen-bond donors (Lipinski definition) is 1. The molecule has 2 aromatic rings. The molecule has 0 saturated carbocycles. The number of para-hydroxylation sites is 2. The van der Waals surface area contributed by atoms with Crippen LogP contribution in [0.3, 0.4) is 0 Å². The van der Waals surface area contributed by atoms with Gasteiger partial charge in [0.15, 0.2) is 5.75 Å². The third-order valence-electron chi connectivity index (χ3n) is 3.41. The summed E-state index contributed by atoms with van der Waals surface area (Å²) >= 11 is 6.01. The fraction of sp³-hybridized carbons (Fsp3) is 0.235. The predicted octanol–water partition coefficient (Wildman–Crippen LogP) is 4.35. The topological polar surface area (TPSA) is 81.5 Å². The molecule has 0 unspecified atom stereocenters. The van der Waals surface area contributed by atoms with E-state index in [0.717, 1.165) is 5.56 Å². The van der Waals surface area contributed by atoms with Gasteiger partial charge in [0.2, 0.25) is 5.91 Å². The van der Waals surface area contributed by atoms with Crippen LogP contribution in [0.2, 0.25) is 5.02 Å². The molecule has 1 N–H and O–H groups in total. The normalized spacial score (nSPS) is 10.2. The van der Waals surface area contributed by atoms with Crippen LogP contribution in [0.1, 0.15) is 18.4 Å². The maximum absolute atomic E-state index is 11.9. The van der Waals surface area contributed by atoms with Crippen LogP contribution in [0.5, 0.6) is 5.75 Å². The molecule has 0 aliphatic rings. The molecular formula is C17H17ClN2O4. The van der Waals surface area contributed by atoms with Gasteiger partial charge in [-0.2, -0.15) is 0 Å². The van der Waals surface area contributed by atoms with Gasteiger partial charge in [-0.1, -0.05) is 29.8 Å². The first-order chi connectivity index (χ1) is 11.5. The van der Waals surface area contributed by atoms with Gasteiger partial charge in [0.05, 0.1) is 11.5 Å². The van der Waals surface area contributed by atoms with Crippen LogP contribution in [-0.4, -0.2) is 17.4 Å². The van der Waals surface area contributed by atoms with E-state index < -0.39 is 4.92 Å². The van der Waals surface area contributed by atoms with Crippen LogP contribution < -0.4 is 10.1 Å². The van der Waals surface area contributed by atoms with Crippen molar-refractivity contribution in [1.82, 2.24) is 0 Å². The van der Waals surface area contributed by atoms with Crippen molar-refractivity contribution >= 4 is 28.9 Å². The molecule has 24 heavy (non-hydrogen) atoms. The lowest BCUT2D eigenvalue weighted by molar-refractivity contribution is -0.385. The second-order valence-corrected chi connectivity index (χ2v) is 5.54. The van der Waals surface area contributed by atoms with Gasteiger partial charge in [0, 0.05) is 23.2 Å². The first-order valence-electron chi connectivity index (χ1n) is 7.40. The van der Waals surface area contributed by atoms with Crippen molar-refractivity contribution in [2.45, 2.75) is 19.8 Å². The summed E-state index contributed by atoms with van der Waals surface area (Å²) in [6.45, 7) is 2.04. The van der Waals surface area contributed by atoms with E-state index in [2.05, 4.69) is 5.32 Å². The van der Waals surface area contributed by atoms with E-state index in [1.165, 1.54) is 12.1 Å².